The number of methoxy groups -OCH3 is 1. The number of rotatable bonds is 7. The van der Waals surface area contributed by atoms with E-state index in [-0.39, 0.29) is 0 Å². The lowest BCUT2D eigenvalue weighted by molar-refractivity contribution is 0.200. The molecule has 0 amide bonds. The molecule has 0 spiro atoms. The maximum atomic E-state index is 12.4. The van der Waals surface area contributed by atoms with Gasteiger partial charge in [-0.3, -0.25) is 9.31 Å². The van der Waals surface area contributed by atoms with Gasteiger partial charge in [0.15, 0.2) is 5.82 Å². The van der Waals surface area contributed by atoms with Gasteiger partial charge in [-0.05, 0) is 30.7 Å². The number of aromatic nitrogens is 5. The first-order valence-corrected chi connectivity index (χ1v) is 9.89. The summed E-state index contributed by atoms with van der Waals surface area (Å²) < 4.78 is 19.4. The fraction of sp³-hybridized carbons (Fsp3) is 0.211. The van der Waals surface area contributed by atoms with E-state index in [4.69, 9.17) is 4.74 Å². The first kappa shape index (κ1) is 17.6. The second-order valence-electron chi connectivity index (χ2n) is 6.05. The van der Waals surface area contributed by atoms with Crippen molar-refractivity contribution < 1.29 is 8.95 Å². The number of benzene rings is 1. The lowest BCUT2D eigenvalue weighted by Crippen LogP contribution is -2.02. The Morgan fingerprint density at radius 3 is 2.96 bits per heavy atom. The molecule has 0 aliphatic carbocycles. The Morgan fingerprint density at radius 1 is 1.22 bits per heavy atom. The molecule has 138 valence electrons. The van der Waals surface area contributed by atoms with Gasteiger partial charge in [0.05, 0.1) is 15.7 Å². The zero-order valence-corrected chi connectivity index (χ0v) is 15.6. The summed E-state index contributed by atoms with van der Waals surface area (Å²) in [6.07, 6.45) is 5.91. The van der Waals surface area contributed by atoms with Crippen molar-refractivity contribution in [2.24, 2.45) is 0 Å². The molecular weight excluding hydrogens is 362 g/mol. The normalized spacial score (nSPS) is 12.5. The van der Waals surface area contributed by atoms with Crippen molar-refractivity contribution in [1.82, 2.24) is 24.7 Å². The Bertz CT molecular complexity index is 1070. The Kier molecular flexibility index (Phi) is 5.08. The first-order chi connectivity index (χ1) is 13.3. The van der Waals surface area contributed by atoms with Crippen LogP contribution in [0.3, 0.4) is 0 Å². The molecular formula is C19H19N5O2S. The van der Waals surface area contributed by atoms with Crippen LogP contribution in [0, 0.1) is 0 Å². The van der Waals surface area contributed by atoms with Crippen molar-refractivity contribution in [3.8, 4) is 17.1 Å². The summed E-state index contributed by atoms with van der Waals surface area (Å²) in [6.45, 7) is 0.610. The number of ether oxygens (including phenoxy) is 1. The lowest BCUT2D eigenvalue weighted by atomic mass is 10.2. The van der Waals surface area contributed by atoms with Gasteiger partial charge in [-0.2, -0.15) is 5.10 Å². The summed E-state index contributed by atoms with van der Waals surface area (Å²) in [6, 6.07) is 11.9. The van der Waals surface area contributed by atoms with Crippen LogP contribution in [0.5, 0.6) is 0 Å². The minimum absolute atomic E-state index is 0.570. The minimum atomic E-state index is -1.07. The molecule has 0 saturated carbocycles. The van der Waals surface area contributed by atoms with Gasteiger partial charge in [0.25, 0.3) is 0 Å². The SMILES string of the molecule is COCCCS(=O)c1cnc2c(ccn2-c2cccc(-c3ncn[nH]3)c2)c1. The van der Waals surface area contributed by atoms with Gasteiger partial charge in [-0.25, -0.2) is 9.97 Å². The van der Waals surface area contributed by atoms with E-state index in [2.05, 4.69) is 20.2 Å². The van der Waals surface area contributed by atoms with E-state index >= 15 is 0 Å². The zero-order valence-electron chi connectivity index (χ0n) is 14.8. The number of nitrogens with one attached hydrogen (secondary N) is 1. The van der Waals surface area contributed by atoms with Crippen LogP contribution in [0.25, 0.3) is 28.1 Å². The van der Waals surface area contributed by atoms with Crippen molar-refractivity contribution in [2.75, 3.05) is 19.5 Å². The van der Waals surface area contributed by atoms with E-state index in [1.165, 1.54) is 6.33 Å². The van der Waals surface area contributed by atoms with Crippen molar-refractivity contribution in [3.63, 3.8) is 0 Å². The molecule has 8 heteroatoms. The van der Waals surface area contributed by atoms with Crippen molar-refractivity contribution in [2.45, 2.75) is 11.3 Å². The first-order valence-electron chi connectivity index (χ1n) is 8.57. The van der Waals surface area contributed by atoms with Gasteiger partial charge in [-0.1, -0.05) is 12.1 Å². The quantitative estimate of drug-likeness (QED) is 0.498. The maximum absolute atomic E-state index is 12.4. The zero-order chi connectivity index (χ0) is 18.6. The predicted molar refractivity (Wildman–Crippen MR) is 104 cm³/mol. The summed E-state index contributed by atoms with van der Waals surface area (Å²) in [5.41, 5.74) is 2.74. The Hall–Kier alpha value is -2.84. The topological polar surface area (TPSA) is 85.7 Å². The van der Waals surface area contributed by atoms with Gasteiger partial charge in [0.2, 0.25) is 0 Å². The van der Waals surface area contributed by atoms with Crippen LogP contribution >= 0.6 is 0 Å². The number of hydrogen-bond acceptors (Lipinski definition) is 5. The molecule has 7 nitrogen and oxygen atoms in total. The molecule has 3 aromatic heterocycles. The molecule has 1 unspecified atom stereocenters. The second kappa shape index (κ2) is 7.81. The summed E-state index contributed by atoms with van der Waals surface area (Å²) in [5, 5.41) is 7.73. The van der Waals surface area contributed by atoms with Crippen LogP contribution < -0.4 is 0 Å². The third kappa shape index (κ3) is 3.67. The minimum Gasteiger partial charge on any atom is -0.385 e. The molecule has 3 heterocycles. The number of H-pyrrole nitrogens is 1. The summed E-state index contributed by atoms with van der Waals surface area (Å²) >= 11 is 0. The molecule has 0 radical (unpaired) electrons. The number of aromatic amines is 1. The Balaban J connectivity index is 1.64. The highest BCUT2D eigenvalue weighted by Crippen LogP contribution is 2.24. The molecule has 4 aromatic rings. The van der Waals surface area contributed by atoms with E-state index in [1.807, 2.05) is 47.2 Å². The van der Waals surface area contributed by atoms with E-state index in [1.54, 1.807) is 13.3 Å². The van der Waals surface area contributed by atoms with E-state index in [0.29, 0.717) is 12.4 Å². The van der Waals surface area contributed by atoms with Gasteiger partial charge >= 0.3 is 0 Å². The fourth-order valence-corrected chi connectivity index (χ4v) is 3.98. The van der Waals surface area contributed by atoms with E-state index in [0.717, 1.165) is 39.4 Å². The highest BCUT2D eigenvalue weighted by atomic mass is 32.2. The molecule has 1 atom stereocenters. The molecule has 0 aliphatic heterocycles. The molecule has 27 heavy (non-hydrogen) atoms. The van der Waals surface area contributed by atoms with Crippen LogP contribution in [0.15, 0.2) is 60.0 Å². The third-order valence-corrected chi connectivity index (χ3v) is 5.66. The van der Waals surface area contributed by atoms with Crippen LogP contribution in [-0.2, 0) is 15.5 Å². The average Bonchev–Trinajstić information content (AvgIpc) is 3.37. The number of fused-ring (bicyclic) bond motifs is 1. The number of hydrogen-bond donors (Lipinski definition) is 1. The van der Waals surface area contributed by atoms with Crippen LogP contribution in [0.1, 0.15) is 6.42 Å². The maximum Gasteiger partial charge on any atom is 0.155 e. The molecule has 0 fully saturated rings. The van der Waals surface area contributed by atoms with Crippen LogP contribution in [0.4, 0.5) is 0 Å². The third-order valence-electron chi connectivity index (χ3n) is 4.26. The smallest absolute Gasteiger partial charge is 0.155 e. The van der Waals surface area contributed by atoms with Crippen molar-refractivity contribution in [3.05, 3.63) is 55.1 Å². The average molecular weight is 381 g/mol. The van der Waals surface area contributed by atoms with Gasteiger partial charge in [0, 0.05) is 48.5 Å². The summed E-state index contributed by atoms with van der Waals surface area (Å²) in [4.78, 5) is 9.50. The Morgan fingerprint density at radius 2 is 2.15 bits per heavy atom. The highest BCUT2D eigenvalue weighted by molar-refractivity contribution is 7.85. The van der Waals surface area contributed by atoms with E-state index < -0.39 is 10.8 Å². The summed E-state index contributed by atoms with van der Waals surface area (Å²) in [5.74, 6) is 1.29. The standard InChI is InChI=1S/C19H19N5O2S/c1-26-8-3-9-27(25)17-11-15-6-7-24(19(15)20-12-17)16-5-2-4-14(10-16)18-21-13-22-23-18/h2,4-7,10-13H,3,8-9H2,1H3,(H,21,22,23). The van der Waals surface area contributed by atoms with Crippen LogP contribution in [0.2, 0.25) is 0 Å². The van der Waals surface area contributed by atoms with Gasteiger partial charge in [-0.15, -0.1) is 0 Å². The Labute approximate surface area is 158 Å². The number of nitrogens with zero attached hydrogens (tertiary/aromatic N) is 4. The fourth-order valence-electron chi connectivity index (χ4n) is 2.94. The predicted octanol–water partition coefficient (Wildman–Crippen LogP) is 2.95. The molecule has 1 aromatic carbocycles. The van der Waals surface area contributed by atoms with E-state index in [9.17, 15) is 4.21 Å². The van der Waals surface area contributed by atoms with Gasteiger partial charge < -0.3 is 9.30 Å². The van der Waals surface area contributed by atoms with Crippen LogP contribution in [-0.4, -0.2) is 48.4 Å². The molecule has 0 saturated heterocycles. The second-order valence-corrected chi connectivity index (χ2v) is 7.62. The number of pyridine rings is 1. The summed E-state index contributed by atoms with van der Waals surface area (Å²) in [7, 11) is 0.578. The van der Waals surface area contributed by atoms with Crippen molar-refractivity contribution in [1.29, 1.82) is 0 Å². The monoisotopic (exact) mass is 381 g/mol. The molecule has 4 rings (SSSR count). The molecule has 1 N–H and O–H groups in total. The molecule has 0 bridgehead atoms. The largest absolute Gasteiger partial charge is 0.385 e. The molecule has 0 aliphatic rings. The lowest BCUT2D eigenvalue weighted by Gasteiger charge is -2.07. The highest BCUT2D eigenvalue weighted by Gasteiger charge is 2.10. The van der Waals surface area contributed by atoms with Gasteiger partial charge in [0.1, 0.15) is 12.0 Å². The van der Waals surface area contributed by atoms with Crippen molar-refractivity contribution >= 4 is 21.8 Å².